The molecule has 1 N–H and O–H groups in total. The van der Waals surface area contributed by atoms with Gasteiger partial charge in [-0.1, -0.05) is 0 Å². The maximum atomic E-state index is 12.2. The fourth-order valence-electron chi connectivity index (χ4n) is 4.75. The van der Waals surface area contributed by atoms with Gasteiger partial charge in [0.05, 0.1) is 71.7 Å². The smallest absolute Gasteiger partial charge is 0.330 e. The average molecular weight is 624 g/mol. The van der Waals surface area contributed by atoms with E-state index in [2.05, 4.69) is 33.1 Å². The molecule has 0 spiro atoms. The zero-order valence-corrected chi connectivity index (χ0v) is 23.6. The lowest BCUT2D eigenvalue weighted by Crippen LogP contribution is -2.45. The highest BCUT2D eigenvalue weighted by molar-refractivity contribution is 14.1. The molecule has 10 nitrogen and oxygen atoms in total. The van der Waals surface area contributed by atoms with Gasteiger partial charge in [0.15, 0.2) is 5.82 Å². The zero-order valence-electron chi connectivity index (χ0n) is 21.4. The van der Waals surface area contributed by atoms with E-state index in [1.807, 2.05) is 60.1 Å². The van der Waals surface area contributed by atoms with E-state index in [9.17, 15) is 10.1 Å². The monoisotopic (exact) mass is 624 g/mol. The van der Waals surface area contributed by atoms with Crippen LogP contribution in [0.1, 0.15) is 30.7 Å². The molecule has 1 unspecified atom stereocenters. The summed E-state index contributed by atoms with van der Waals surface area (Å²) in [5.41, 5.74) is 4.35. The number of rotatable bonds is 5. The molecule has 2 aliphatic heterocycles. The second-order valence-electron chi connectivity index (χ2n) is 9.26. The Labute approximate surface area is 236 Å². The number of amides is 2. The zero-order chi connectivity index (χ0) is 26.6. The molecule has 1 saturated heterocycles. The fourth-order valence-corrected chi connectivity index (χ4v) is 5.25. The van der Waals surface area contributed by atoms with Crippen LogP contribution in [0.3, 0.4) is 0 Å². The number of hydrogen-bond donors (Lipinski definition) is 1. The van der Waals surface area contributed by atoms with E-state index in [4.69, 9.17) is 14.7 Å². The molecule has 0 bridgehead atoms. The third-order valence-corrected chi connectivity index (χ3v) is 7.74. The number of nitrogens with one attached hydrogen (secondary N) is 1. The summed E-state index contributed by atoms with van der Waals surface area (Å²) < 4.78 is 7.25. The molecule has 196 valence electrons. The summed E-state index contributed by atoms with van der Waals surface area (Å²) >= 11 is 2.00. The summed E-state index contributed by atoms with van der Waals surface area (Å²) in [6.07, 6.45) is 2.46. The molecule has 2 aliphatic rings. The minimum atomic E-state index is -0.163. The van der Waals surface area contributed by atoms with Gasteiger partial charge in [0.2, 0.25) is 0 Å². The summed E-state index contributed by atoms with van der Waals surface area (Å²) in [5.74, 6) is 2.37. The first-order chi connectivity index (χ1) is 18.5. The average Bonchev–Trinajstić information content (AvgIpc) is 2.96. The molecule has 0 saturated carbocycles. The van der Waals surface area contributed by atoms with E-state index in [1.165, 1.54) is 0 Å². The van der Waals surface area contributed by atoms with Crippen molar-refractivity contribution in [3.63, 3.8) is 0 Å². The fraction of sp³-hybridized carbons (Fsp3) is 0.370. The van der Waals surface area contributed by atoms with Crippen LogP contribution in [0.15, 0.2) is 42.6 Å². The Bertz CT molecular complexity index is 1360. The van der Waals surface area contributed by atoms with Crippen molar-refractivity contribution in [2.45, 2.75) is 32.9 Å². The Kier molecular flexibility index (Phi) is 7.90. The molecule has 0 radical (unpaired) electrons. The summed E-state index contributed by atoms with van der Waals surface area (Å²) in [6.45, 7) is 8.05. The number of aromatic nitrogens is 3. The van der Waals surface area contributed by atoms with Crippen molar-refractivity contribution in [1.82, 2.24) is 20.3 Å². The standard InChI is InChI=1S/C27H29IN8O2/c1-3-30-27(37)36(28)21-6-4-20(5-7-21)25-32-23-16-34(24-14-19(15-29)8-10-31-24)11-9-22(23)26(33-25)35-12-13-38-17-18(35)2/h4-8,10,14,18H,3,9,11-13,16-17H2,1-2H3,(H,30,37). The van der Waals surface area contributed by atoms with E-state index in [1.54, 1.807) is 15.4 Å². The molecule has 0 aliphatic carbocycles. The van der Waals surface area contributed by atoms with Crippen LogP contribution in [0.5, 0.6) is 0 Å². The maximum Gasteiger partial charge on any atom is 0.330 e. The van der Waals surface area contributed by atoms with Gasteiger partial charge >= 0.3 is 6.03 Å². The van der Waals surface area contributed by atoms with E-state index in [-0.39, 0.29) is 12.1 Å². The second-order valence-corrected chi connectivity index (χ2v) is 10.2. The van der Waals surface area contributed by atoms with Crippen LogP contribution >= 0.6 is 22.9 Å². The Morgan fingerprint density at radius 1 is 1.26 bits per heavy atom. The number of ether oxygens (including phenoxy) is 1. The van der Waals surface area contributed by atoms with Crippen LogP contribution in [0.4, 0.5) is 22.1 Å². The molecule has 1 fully saturated rings. The predicted octanol–water partition coefficient (Wildman–Crippen LogP) is 4.08. The first-order valence-corrected chi connectivity index (χ1v) is 13.6. The number of nitrogens with zero attached hydrogens (tertiary/aromatic N) is 7. The number of carbonyl (C=O) groups is 1. The number of urea groups is 1. The van der Waals surface area contributed by atoms with E-state index >= 15 is 0 Å². The molecule has 2 amide bonds. The highest BCUT2D eigenvalue weighted by Crippen LogP contribution is 2.33. The predicted molar refractivity (Wildman–Crippen MR) is 154 cm³/mol. The Hall–Kier alpha value is -3.50. The third-order valence-electron chi connectivity index (χ3n) is 6.74. The van der Waals surface area contributed by atoms with Gasteiger partial charge in [0, 0.05) is 37.0 Å². The summed E-state index contributed by atoms with van der Waals surface area (Å²) in [6, 6.07) is 13.5. The molecular formula is C27H29IN8O2. The molecule has 11 heteroatoms. The third kappa shape index (κ3) is 5.37. The lowest BCUT2D eigenvalue weighted by atomic mass is 10.0. The Balaban J connectivity index is 1.51. The van der Waals surface area contributed by atoms with Crippen LogP contribution in [0.25, 0.3) is 11.4 Å². The van der Waals surface area contributed by atoms with Gasteiger partial charge in [-0.15, -0.1) is 0 Å². The molecule has 2 aromatic heterocycles. The van der Waals surface area contributed by atoms with E-state index < -0.39 is 0 Å². The highest BCUT2D eigenvalue weighted by Gasteiger charge is 2.29. The summed E-state index contributed by atoms with van der Waals surface area (Å²) in [7, 11) is 0. The number of nitriles is 1. The molecule has 38 heavy (non-hydrogen) atoms. The van der Waals surface area contributed by atoms with Crippen molar-refractivity contribution >= 4 is 46.2 Å². The maximum absolute atomic E-state index is 12.2. The van der Waals surface area contributed by atoms with Crippen molar-refractivity contribution in [1.29, 1.82) is 5.26 Å². The van der Waals surface area contributed by atoms with Gasteiger partial charge in [0.25, 0.3) is 0 Å². The van der Waals surface area contributed by atoms with Crippen LogP contribution in [-0.2, 0) is 17.7 Å². The van der Waals surface area contributed by atoms with Crippen LogP contribution < -0.4 is 18.2 Å². The number of halogens is 1. The lowest BCUT2D eigenvalue weighted by Gasteiger charge is -2.38. The summed E-state index contributed by atoms with van der Waals surface area (Å²) in [5, 5.41) is 12.1. The van der Waals surface area contributed by atoms with E-state index in [0.717, 1.165) is 53.7 Å². The van der Waals surface area contributed by atoms with Crippen LogP contribution in [-0.4, -0.2) is 59.9 Å². The number of carbonyl (C=O) groups excluding carboxylic acids is 1. The number of fused-ring (bicyclic) bond motifs is 1. The van der Waals surface area contributed by atoms with Gasteiger partial charge in [-0.25, -0.2) is 22.9 Å². The van der Waals surface area contributed by atoms with Gasteiger partial charge in [-0.05, 0) is 56.7 Å². The highest BCUT2D eigenvalue weighted by atomic mass is 127. The van der Waals surface area contributed by atoms with Gasteiger partial charge < -0.3 is 19.9 Å². The van der Waals surface area contributed by atoms with Crippen molar-refractivity contribution in [3.05, 3.63) is 59.4 Å². The first kappa shape index (κ1) is 26.1. The van der Waals surface area contributed by atoms with Gasteiger partial charge in [0.1, 0.15) is 11.6 Å². The minimum Gasteiger partial charge on any atom is -0.377 e. The number of anilines is 3. The SMILES string of the molecule is CCNC(=O)N(I)c1ccc(-c2nc3c(c(N4CCOCC4C)n2)CCN(c2cc(C#N)ccn2)C3)cc1. The molecule has 1 atom stereocenters. The van der Waals surface area contributed by atoms with Gasteiger partial charge in [-0.2, -0.15) is 5.26 Å². The van der Waals surface area contributed by atoms with E-state index in [0.29, 0.717) is 37.7 Å². The van der Waals surface area contributed by atoms with Crippen LogP contribution in [0.2, 0.25) is 0 Å². The molecule has 5 rings (SSSR count). The largest absolute Gasteiger partial charge is 0.377 e. The number of benzene rings is 1. The summed E-state index contributed by atoms with van der Waals surface area (Å²) in [4.78, 5) is 31.3. The number of hydrogen-bond acceptors (Lipinski definition) is 8. The molecule has 4 heterocycles. The van der Waals surface area contributed by atoms with Crippen LogP contribution in [0, 0.1) is 11.3 Å². The topological polar surface area (TPSA) is 111 Å². The quantitative estimate of drug-likeness (QED) is 0.334. The van der Waals surface area contributed by atoms with Crippen molar-refractivity contribution in [2.75, 3.05) is 45.8 Å². The molecule has 1 aromatic carbocycles. The number of morpholine rings is 1. The Morgan fingerprint density at radius 2 is 2.08 bits per heavy atom. The minimum absolute atomic E-state index is 0.163. The van der Waals surface area contributed by atoms with Crippen molar-refractivity contribution < 1.29 is 9.53 Å². The van der Waals surface area contributed by atoms with Crippen molar-refractivity contribution in [2.24, 2.45) is 0 Å². The molecular weight excluding hydrogens is 595 g/mol. The normalized spacial score (nSPS) is 16.9. The first-order valence-electron chi connectivity index (χ1n) is 12.7. The van der Waals surface area contributed by atoms with Gasteiger partial charge in [-0.3, -0.25) is 0 Å². The lowest BCUT2D eigenvalue weighted by molar-refractivity contribution is 0.0984. The second kappa shape index (κ2) is 11.5. The molecule has 3 aromatic rings. The Morgan fingerprint density at radius 3 is 2.82 bits per heavy atom. The van der Waals surface area contributed by atoms with Crippen molar-refractivity contribution in [3.8, 4) is 17.5 Å². The number of pyridine rings is 1.